The molecule has 0 atom stereocenters. The third kappa shape index (κ3) is 4.01. The summed E-state index contributed by atoms with van der Waals surface area (Å²) in [5, 5.41) is 10.8. The molecule has 0 aliphatic carbocycles. The molecule has 1 rings (SSSR count). The highest BCUT2D eigenvalue weighted by atomic mass is 16.6. The molecule has 0 aliphatic rings. The van der Waals surface area contributed by atoms with E-state index in [1.807, 2.05) is 0 Å². The normalized spacial score (nSPS) is 9.83. The van der Waals surface area contributed by atoms with Gasteiger partial charge >= 0.3 is 5.97 Å². The Bertz CT molecular complexity index is 468. The van der Waals surface area contributed by atoms with Crippen molar-refractivity contribution < 1.29 is 14.5 Å². The summed E-state index contributed by atoms with van der Waals surface area (Å²) in [7, 11) is 0. The van der Waals surface area contributed by atoms with Gasteiger partial charge in [-0.1, -0.05) is 24.8 Å². The number of esters is 1. The fourth-order valence-corrected chi connectivity index (χ4v) is 1.45. The molecule has 0 spiro atoms. The van der Waals surface area contributed by atoms with E-state index in [4.69, 9.17) is 4.74 Å². The van der Waals surface area contributed by atoms with Crippen molar-refractivity contribution in [3.8, 4) is 0 Å². The van der Waals surface area contributed by atoms with Crippen molar-refractivity contribution >= 4 is 11.7 Å². The number of carbonyl (C=O) groups is 1. The number of nitro groups is 1. The van der Waals surface area contributed by atoms with E-state index in [0.717, 1.165) is 0 Å². The van der Waals surface area contributed by atoms with Gasteiger partial charge in [0.05, 0.1) is 11.5 Å². The van der Waals surface area contributed by atoms with Gasteiger partial charge in [0.1, 0.15) is 0 Å². The second-order valence-corrected chi connectivity index (χ2v) is 3.91. The van der Waals surface area contributed by atoms with Crippen LogP contribution in [0.1, 0.15) is 18.9 Å². The first-order chi connectivity index (χ1) is 8.52. The molecule has 96 valence electrons. The zero-order valence-electron chi connectivity index (χ0n) is 10.2. The molecule has 0 aliphatic heterocycles. The number of nitrogens with zero attached hydrogens (tertiary/aromatic N) is 1. The second kappa shape index (κ2) is 6.54. The smallest absolute Gasteiger partial charge is 0.333 e. The lowest BCUT2D eigenvalue weighted by molar-refractivity contribution is -0.385. The Balaban J connectivity index is 2.47. The summed E-state index contributed by atoms with van der Waals surface area (Å²) < 4.78 is 4.92. The minimum atomic E-state index is -0.433. The van der Waals surface area contributed by atoms with Gasteiger partial charge in [0, 0.05) is 17.2 Å². The number of ether oxygens (including phenoxy) is 1. The van der Waals surface area contributed by atoms with E-state index in [1.54, 1.807) is 25.1 Å². The molecule has 1 aromatic rings. The minimum Gasteiger partial charge on any atom is -0.462 e. The third-order valence-electron chi connectivity index (χ3n) is 2.36. The Kier molecular flexibility index (Phi) is 5.05. The number of hydrogen-bond acceptors (Lipinski definition) is 4. The van der Waals surface area contributed by atoms with Crippen molar-refractivity contribution in [1.82, 2.24) is 0 Å². The molecule has 0 radical (unpaired) electrons. The molecule has 0 bridgehead atoms. The number of benzene rings is 1. The van der Waals surface area contributed by atoms with Gasteiger partial charge in [-0.2, -0.15) is 0 Å². The van der Waals surface area contributed by atoms with Crippen molar-refractivity contribution in [3.63, 3.8) is 0 Å². The van der Waals surface area contributed by atoms with Crippen LogP contribution in [0.15, 0.2) is 36.4 Å². The summed E-state index contributed by atoms with van der Waals surface area (Å²) >= 11 is 0. The summed E-state index contributed by atoms with van der Waals surface area (Å²) in [5.41, 5.74) is 1.10. The van der Waals surface area contributed by atoms with Gasteiger partial charge in [-0.05, 0) is 19.8 Å². The van der Waals surface area contributed by atoms with Crippen LogP contribution >= 0.6 is 0 Å². The molecule has 0 amide bonds. The monoisotopic (exact) mass is 249 g/mol. The molecule has 0 aromatic heterocycles. The Morgan fingerprint density at radius 1 is 1.44 bits per heavy atom. The molecular formula is C13H15NO4. The van der Waals surface area contributed by atoms with Crippen LogP contribution < -0.4 is 0 Å². The van der Waals surface area contributed by atoms with Crippen LogP contribution in [0.2, 0.25) is 0 Å². The molecule has 0 heterocycles. The molecule has 5 nitrogen and oxygen atoms in total. The Morgan fingerprint density at radius 2 is 2.11 bits per heavy atom. The van der Waals surface area contributed by atoms with Crippen LogP contribution in [0, 0.1) is 10.1 Å². The fourth-order valence-electron chi connectivity index (χ4n) is 1.45. The lowest BCUT2D eigenvalue weighted by Crippen LogP contribution is -2.07. The highest BCUT2D eigenvalue weighted by molar-refractivity contribution is 5.86. The van der Waals surface area contributed by atoms with Crippen LogP contribution in [0.5, 0.6) is 0 Å². The van der Waals surface area contributed by atoms with Gasteiger partial charge in [0.15, 0.2) is 0 Å². The summed E-state index contributed by atoms with van der Waals surface area (Å²) in [5.74, 6) is -0.433. The summed E-state index contributed by atoms with van der Waals surface area (Å²) in [6, 6.07) is 6.55. The highest BCUT2D eigenvalue weighted by Crippen LogP contribution is 2.19. The molecule has 0 fully saturated rings. The van der Waals surface area contributed by atoms with Gasteiger partial charge in [-0.25, -0.2) is 4.79 Å². The number of hydrogen-bond donors (Lipinski definition) is 0. The van der Waals surface area contributed by atoms with E-state index in [9.17, 15) is 14.9 Å². The Labute approximate surface area is 105 Å². The number of rotatable bonds is 6. The fraction of sp³-hybridized carbons (Fsp3) is 0.308. The van der Waals surface area contributed by atoms with Crippen LogP contribution in [0.25, 0.3) is 0 Å². The van der Waals surface area contributed by atoms with E-state index in [-0.39, 0.29) is 12.3 Å². The molecule has 18 heavy (non-hydrogen) atoms. The quantitative estimate of drug-likeness (QED) is 0.255. The van der Waals surface area contributed by atoms with E-state index in [2.05, 4.69) is 6.58 Å². The van der Waals surface area contributed by atoms with E-state index in [0.29, 0.717) is 24.0 Å². The minimum absolute atomic E-state index is 0.101. The van der Waals surface area contributed by atoms with Gasteiger partial charge < -0.3 is 4.74 Å². The average molecular weight is 249 g/mol. The topological polar surface area (TPSA) is 69.4 Å². The first-order valence-electron chi connectivity index (χ1n) is 5.57. The molecular weight excluding hydrogens is 234 g/mol. The first kappa shape index (κ1) is 13.9. The summed E-state index contributed by atoms with van der Waals surface area (Å²) in [6.45, 7) is 5.27. The largest absolute Gasteiger partial charge is 0.462 e. The number of para-hydroxylation sites is 1. The number of nitro benzene ring substituents is 1. The summed E-state index contributed by atoms with van der Waals surface area (Å²) in [6.07, 6.45) is 1.05. The Hall–Kier alpha value is -2.17. The predicted octanol–water partition coefficient (Wildman–Crippen LogP) is 2.65. The summed E-state index contributed by atoms with van der Waals surface area (Å²) in [4.78, 5) is 21.5. The SMILES string of the molecule is C=C(C)C(=O)OCCCc1ccccc1[N+](=O)[O-]. The molecule has 0 N–H and O–H groups in total. The van der Waals surface area contributed by atoms with Crippen molar-refractivity contribution in [3.05, 3.63) is 52.1 Å². The lowest BCUT2D eigenvalue weighted by atomic mass is 10.1. The third-order valence-corrected chi connectivity index (χ3v) is 2.36. The van der Waals surface area contributed by atoms with Crippen LogP contribution in [-0.2, 0) is 16.0 Å². The number of aryl methyl sites for hydroxylation is 1. The average Bonchev–Trinajstić information content (AvgIpc) is 2.34. The van der Waals surface area contributed by atoms with Crippen LogP contribution in [-0.4, -0.2) is 17.5 Å². The maximum Gasteiger partial charge on any atom is 0.333 e. The molecule has 0 unspecified atom stereocenters. The van der Waals surface area contributed by atoms with E-state index in [1.165, 1.54) is 6.07 Å². The van der Waals surface area contributed by atoms with Crippen molar-refractivity contribution in [2.45, 2.75) is 19.8 Å². The van der Waals surface area contributed by atoms with Gasteiger partial charge in [0.25, 0.3) is 5.69 Å². The van der Waals surface area contributed by atoms with Gasteiger partial charge in [-0.3, -0.25) is 10.1 Å². The van der Waals surface area contributed by atoms with Crippen LogP contribution in [0.3, 0.4) is 0 Å². The zero-order chi connectivity index (χ0) is 13.5. The maximum atomic E-state index is 11.1. The van der Waals surface area contributed by atoms with E-state index < -0.39 is 10.9 Å². The van der Waals surface area contributed by atoms with Gasteiger partial charge in [0.2, 0.25) is 0 Å². The molecule has 1 aromatic carbocycles. The van der Waals surface area contributed by atoms with Gasteiger partial charge in [-0.15, -0.1) is 0 Å². The van der Waals surface area contributed by atoms with Crippen molar-refractivity contribution in [2.24, 2.45) is 0 Å². The molecule has 5 heteroatoms. The first-order valence-corrected chi connectivity index (χ1v) is 5.57. The molecule has 0 saturated carbocycles. The standard InChI is InChI=1S/C13H15NO4/c1-10(2)13(15)18-9-5-7-11-6-3-4-8-12(11)14(16)17/h3-4,6,8H,1,5,7,9H2,2H3. The Morgan fingerprint density at radius 3 is 2.72 bits per heavy atom. The number of carbonyl (C=O) groups excluding carboxylic acids is 1. The van der Waals surface area contributed by atoms with Crippen LogP contribution in [0.4, 0.5) is 5.69 Å². The van der Waals surface area contributed by atoms with E-state index >= 15 is 0 Å². The molecule has 0 saturated heterocycles. The van der Waals surface area contributed by atoms with Crippen molar-refractivity contribution in [2.75, 3.05) is 6.61 Å². The van der Waals surface area contributed by atoms with Crippen molar-refractivity contribution in [1.29, 1.82) is 0 Å². The highest BCUT2D eigenvalue weighted by Gasteiger charge is 2.11. The maximum absolute atomic E-state index is 11.1. The second-order valence-electron chi connectivity index (χ2n) is 3.91. The lowest BCUT2D eigenvalue weighted by Gasteiger charge is -2.04. The predicted molar refractivity (Wildman–Crippen MR) is 67.2 cm³/mol. The zero-order valence-corrected chi connectivity index (χ0v) is 10.2.